The van der Waals surface area contributed by atoms with Crippen molar-refractivity contribution in [3.8, 4) is 0 Å². The monoisotopic (exact) mass is 304 g/mol. The first-order valence-corrected chi connectivity index (χ1v) is 6.88. The molecule has 1 aromatic heterocycles. The summed E-state index contributed by atoms with van der Waals surface area (Å²) in [6.07, 6.45) is 0. The Morgan fingerprint density at radius 1 is 1.14 bits per heavy atom. The number of fused-ring (bicyclic) bond motifs is 1. The van der Waals surface area contributed by atoms with Gasteiger partial charge in [0.1, 0.15) is 11.6 Å². The number of nitrogens with zero attached hydrogens (tertiary/aromatic N) is 1. The van der Waals surface area contributed by atoms with Gasteiger partial charge < -0.3 is 9.73 Å². The van der Waals surface area contributed by atoms with E-state index in [0.29, 0.717) is 24.2 Å². The molecule has 1 N–H and O–H groups in total. The van der Waals surface area contributed by atoms with Crippen molar-refractivity contribution in [2.75, 3.05) is 6.54 Å². The summed E-state index contributed by atoms with van der Waals surface area (Å²) in [6, 6.07) is 10.5. The number of oxazole rings is 1. The molecule has 0 radical (unpaired) electrons. The van der Waals surface area contributed by atoms with Crippen molar-refractivity contribution in [2.45, 2.75) is 13.1 Å². The molecule has 0 saturated carbocycles. The molecule has 0 spiro atoms. The molecule has 4 nitrogen and oxygen atoms in total. The summed E-state index contributed by atoms with van der Waals surface area (Å²) < 4.78 is 33.1. The number of halogens is 2. The highest BCUT2D eigenvalue weighted by Gasteiger charge is 2.08. The summed E-state index contributed by atoms with van der Waals surface area (Å²) in [4.78, 5) is 11.8. The molecular weight excluding hydrogens is 290 g/mol. The number of hydrogen-bond donors (Lipinski definition) is 1. The van der Waals surface area contributed by atoms with Gasteiger partial charge in [-0.25, -0.2) is 13.6 Å². The van der Waals surface area contributed by atoms with E-state index >= 15 is 0 Å². The van der Waals surface area contributed by atoms with Crippen molar-refractivity contribution in [3.63, 3.8) is 0 Å². The lowest BCUT2D eigenvalue weighted by atomic mass is 10.2. The lowest BCUT2D eigenvalue weighted by Gasteiger charge is -2.06. The molecule has 22 heavy (non-hydrogen) atoms. The van der Waals surface area contributed by atoms with Gasteiger partial charge in [0.25, 0.3) is 0 Å². The van der Waals surface area contributed by atoms with Gasteiger partial charge >= 0.3 is 5.76 Å². The molecule has 0 aliphatic rings. The highest BCUT2D eigenvalue weighted by atomic mass is 19.1. The number of benzene rings is 2. The number of aromatic nitrogens is 1. The summed E-state index contributed by atoms with van der Waals surface area (Å²) in [5.41, 5.74) is 1.50. The zero-order valence-electron chi connectivity index (χ0n) is 11.7. The predicted molar refractivity (Wildman–Crippen MR) is 78.5 cm³/mol. The van der Waals surface area contributed by atoms with E-state index in [-0.39, 0.29) is 12.1 Å². The molecule has 0 atom stereocenters. The predicted octanol–water partition coefficient (Wildman–Crippen LogP) is 2.66. The zero-order valence-corrected chi connectivity index (χ0v) is 11.7. The number of hydrogen-bond acceptors (Lipinski definition) is 3. The molecule has 2 aromatic carbocycles. The van der Waals surface area contributed by atoms with Crippen molar-refractivity contribution in [3.05, 3.63) is 70.2 Å². The van der Waals surface area contributed by atoms with Crippen molar-refractivity contribution in [1.82, 2.24) is 9.88 Å². The maximum Gasteiger partial charge on any atom is 0.419 e. The molecule has 1 heterocycles. The van der Waals surface area contributed by atoms with Crippen LogP contribution >= 0.6 is 0 Å². The van der Waals surface area contributed by atoms with Crippen LogP contribution in [0.2, 0.25) is 0 Å². The Labute approximate surface area is 125 Å². The van der Waals surface area contributed by atoms with Gasteiger partial charge in [-0.2, -0.15) is 0 Å². The van der Waals surface area contributed by atoms with E-state index in [1.165, 1.54) is 4.57 Å². The molecule has 6 heteroatoms. The van der Waals surface area contributed by atoms with Gasteiger partial charge in [-0.15, -0.1) is 0 Å². The largest absolute Gasteiger partial charge is 0.419 e. The Kier molecular flexibility index (Phi) is 4.02. The van der Waals surface area contributed by atoms with E-state index < -0.39 is 17.4 Å². The van der Waals surface area contributed by atoms with Crippen LogP contribution in [0, 0.1) is 11.6 Å². The summed E-state index contributed by atoms with van der Waals surface area (Å²) in [7, 11) is 0. The molecule has 3 aromatic rings. The molecular formula is C16H14F2N2O2. The van der Waals surface area contributed by atoms with E-state index in [1.54, 1.807) is 18.2 Å². The van der Waals surface area contributed by atoms with E-state index in [9.17, 15) is 13.6 Å². The lowest BCUT2D eigenvalue weighted by Crippen LogP contribution is -2.24. The Hall–Kier alpha value is -2.47. The summed E-state index contributed by atoms with van der Waals surface area (Å²) in [5, 5.41) is 2.99. The Balaban J connectivity index is 1.64. The maximum absolute atomic E-state index is 13.5. The fourth-order valence-electron chi connectivity index (χ4n) is 2.32. The van der Waals surface area contributed by atoms with Gasteiger partial charge in [-0.05, 0) is 30.3 Å². The van der Waals surface area contributed by atoms with E-state index in [2.05, 4.69) is 5.32 Å². The molecule has 0 fully saturated rings. The van der Waals surface area contributed by atoms with Crippen molar-refractivity contribution in [1.29, 1.82) is 0 Å². The molecule has 0 aliphatic carbocycles. The highest BCUT2D eigenvalue weighted by molar-refractivity contribution is 5.72. The fraction of sp³-hybridized carbons (Fsp3) is 0.188. The molecule has 0 saturated heterocycles. The molecule has 0 aliphatic heterocycles. The Morgan fingerprint density at radius 2 is 1.95 bits per heavy atom. The fourth-order valence-corrected chi connectivity index (χ4v) is 2.32. The van der Waals surface area contributed by atoms with Crippen LogP contribution in [-0.2, 0) is 13.1 Å². The van der Waals surface area contributed by atoms with Crippen LogP contribution in [0.3, 0.4) is 0 Å². The van der Waals surface area contributed by atoms with Gasteiger partial charge in [0.05, 0.1) is 5.52 Å². The van der Waals surface area contributed by atoms with Crippen LogP contribution < -0.4 is 11.1 Å². The topological polar surface area (TPSA) is 47.2 Å². The second kappa shape index (κ2) is 6.11. The van der Waals surface area contributed by atoms with Crippen molar-refractivity contribution < 1.29 is 13.2 Å². The minimum atomic E-state index is -0.477. The van der Waals surface area contributed by atoms with Gasteiger partial charge in [-0.3, -0.25) is 4.57 Å². The zero-order chi connectivity index (χ0) is 15.5. The summed E-state index contributed by atoms with van der Waals surface area (Å²) in [6.45, 7) is 1.00. The summed E-state index contributed by atoms with van der Waals surface area (Å²) >= 11 is 0. The number of nitrogens with one attached hydrogen (secondary N) is 1. The Bertz CT molecular complexity index is 855. The summed E-state index contributed by atoms with van der Waals surface area (Å²) in [5.74, 6) is -1.37. The van der Waals surface area contributed by atoms with Gasteiger partial charge in [0.2, 0.25) is 0 Å². The van der Waals surface area contributed by atoms with Crippen molar-refractivity contribution in [2.24, 2.45) is 0 Å². The van der Waals surface area contributed by atoms with Crippen LogP contribution in [0.5, 0.6) is 0 Å². The molecule has 0 amide bonds. The second-order valence-corrected chi connectivity index (χ2v) is 4.90. The Morgan fingerprint density at radius 3 is 2.82 bits per heavy atom. The first-order valence-electron chi connectivity index (χ1n) is 6.88. The maximum atomic E-state index is 13.5. The smallest absolute Gasteiger partial charge is 0.408 e. The van der Waals surface area contributed by atoms with Crippen LogP contribution in [0.1, 0.15) is 5.56 Å². The van der Waals surface area contributed by atoms with Gasteiger partial charge in [-0.1, -0.05) is 12.1 Å². The van der Waals surface area contributed by atoms with Crippen LogP contribution in [0.4, 0.5) is 8.78 Å². The molecule has 0 bridgehead atoms. The first kappa shape index (κ1) is 14.5. The standard InChI is InChI=1S/C16H14F2N2O2/c17-12-5-6-13(18)11(9-12)10-19-7-8-20-14-3-1-2-4-15(14)22-16(20)21/h1-6,9,19H,7-8,10H2. The van der Waals surface area contributed by atoms with Crippen LogP contribution in [0.25, 0.3) is 11.1 Å². The average Bonchev–Trinajstić information content (AvgIpc) is 2.83. The van der Waals surface area contributed by atoms with Crippen LogP contribution in [-0.4, -0.2) is 11.1 Å². The third-order valence-electron chi connectivity index (χ3n) is 3.41. The third kappa shape index (κ3) is 2.92. The molecule has 0 unspecified atom stereocenters. The lowest BCUT2D eigenvalue weighted by molar-refractivity contribution is 0.491. The van der Waals surface area contributed by atoms with E-state index in [0.717, 1.165) is 18.2 Å². The van der Waals surface area contributed by atoms with Crippen LogP contribution in [0.15, 0.2) is 51.7 Å². The number of rotatable bonds is 5. The molecule has 3 rings (SSSR count). The van der Waals surface area contributed by atoms with Crippen molar-refractivity contribution >= 4 is 11.1 Å². The highest BCUT2D eigenvalue weighted by Crippen LogP contribution is 2.11. The molecule has 114 valence electrons. The van der Waals surface area contributed by atoms with Gasteiger partial charge in [0, 0.05) is 25.2 Å². The van der Waals surface area contributed by atoms with E-state index in [4.69, 9.17) is 4.42 Å². The third-order valence-corrected chi connectivity index (χ3v) is 3.41. The quantitative estimate of drug-likeness (QED) is 0.737. The number of para-hydroxylation sites is 2. The minimum Gasteiger partial charge on any atom is -0.408 e. The second-order valence-electron chi connectivity index (χ2n) is 4.90. The first-order chi connectivity index (χ1) is 10.6. The minimum absolute atomic E-state index is 0.189. The van der Waals surface area contributed by atoms with E-state index in [1.807, 2.05) is 6.07 Å². The van der Waals surface area contributed by atoms with Gasteiger partial charge in [0.15, 0.2) is 5.58 Å². The normalized spacial score (nSPS) is 11.2. The average molecular weight is 304 g/mol. The SMILES string of the molecule is O=c1oc2ccccc2n1CCNCc1cc(F)ccc1F.